The maximum Gasteiger partial charge on any atom is 0.254 e. The van der Waals surface area contributed by atoms with E-state index in [1.165, 1.54) is 18.2 Å². The first kappa shape index (κ1) is 18.0. The van der Waals surface area contributed by atoms with Crippen molar-refractivity contribution in [3.05, 3.63) is 64.2 Å². The summed E-state index contributed by atoms with van der Waals surface area (Å²) < 4.78 is 11.4. The highest BCUT2D eigenvalue weighted by atomic mass is 16.5. The lowest BCUT2D eigenvalue weighted by molar-refractivity contribution is -0.139. The number of nitrogens with two attached hydrogens (primary N) is 1. The summed E-state index contributed by atoms with van der Waals surface area (Å²) in [6, 6.07) is 11.7. The zero-order valence-electron chi connectivity index (χ0n) is 15.0. The van der Waals surface area contributed by atoms with Crippen LogP contribution in [0.15, 0.2) is 36.4 Å². The van der Waals surface area contributed by atoms with Crippen molar-refractivity contribution >= 4 is 5.91 Å². The fraction of sp³-hybridized carbons (Fsp3) is 0.350. The van der Waals surface area contributed by atoms with Crippen molar-refractivity contribution < 1.29 is 14.3 Å². The van der Waals surface area contributed by atoms with Gasteiger partial charge in [0, 0.05) is 7.11 Å². The Kier molecular flexibility index (Phi) is 5.30. The largest absolute Gasteiger partial charge is 0.489 e. The molecule has 0 radical (unpaired) electrons. The minimum absolute atomic E-state index is 0.339. The molecule has 0 saturated heterocycles. The molecule has 0 aliphatic rings. The number of benzene rings is 2. The number of methoxy groups -OCH3 is 1. The van der Waals surface area contributed by atoms with Gasteiger partial charge in [-0.2, -0.15) is 0 Å². The van der Waals surface area contributed by atoms with Crippen molar-refractivity contribution in [2.75, 3.05) is 7.11 Å². The average Bonchev–Trinajstić information content (AvgIpc) is 2.56. The minimum atomic E-state index is -1.18. The molecule has 24 heavy (non-hydrogen) atoms. The van der Waals surface area contributed by atoms with Gasteiger partial charge < -0.3 is 15.2 Å². The molecular formula is C20H25NO3. The van der Waals surface area contributed by atoms with Crippen LogP contribution in [0.3, 0.4) is 0 Å². The Hall–Kier alpha value is -2.33. The number of ether oxygens (including phenoxy) is 2. The number of aryl methyl sites for hydroxylation is 3. The standard InChI is InChI=1S/C20H25NO3/c1-13-10-15(3)18(11-14(13)2)24-12-16-8-6-7-9-17(16)20(4,23-5)19(21)22/h6-11H,12H2,1-5H3,(H2,21,22). The quantitative estimate of drug-likeness (QED) is 0.883. The molecule has 4 nitrogen and oxygen atoms in total. The summed E-state index contributed by atoms with van der Waals surface area (Å²) >= 11 is 0. The molecule has 2 aromatic rings. The van der Waals surface area contributed by atoms with Gasteiger partial charge >= 0.3 is 0 Å². The third-order valence-electron chi connectivity index (χ3n) is 4.58. The summed E-state index contributed by atoms with van der Waals surface area (Å²) in [5.41, 5.74) is 9.46. The van der Waals surface area contributed by atoms with E-state index in [1.807, 2.05) is 37.3 Å². The predicted octanol–water partition coefficient (Wildman–Crippen LogP) is 3.54. The number of carbonyl (C=O) groups is 1. The number of primary amides is 1. The van der Waals surface area contributed by atoms with Crippen LogP contribution in [-0.4, -0.2) is 13.0 Å². The van der Waals surface area contributed by atoms with Gasteiger partial charge in [-0.15, -0.1) is 0 Å². The number of carbonyl (C=O) groups excluding carboxylic acids is 1. The Morgan fingerprint density at radius 3 is 2.33 bits per heavy atom. The lowest BCUT2D eigenvalue weighted by atomic mass is 9.90. The van der Waals surface area contributed by atoms with Crippen molar-refractivity contribution in [3.8, 4) is 5.75 Å². The molecule has 2 N–H and O–H groups in total. The molecule has 2 rings (SSSR count). The van der Waals surface area contributed by atoms with Crippen LogP contribution in [-0.2, 0) is 21.7 Å². The number of amides is 1. The van der Waals surface area contributed by atoms with Gasteiger partial charge in [0.15, 0.2) is 5.60 Å². The molecule has 0 aromatic heterocycles. The van der Waals surface area contributed by atoms with E-state index in [4.69, 9.17) is 15.2 Å². The first-order valence-corrected chi connectivity index (χ1v) is 7.93. The second-order valence-corrected chi connectivity index (χ2v) is 6.25. The van der Waals surface area contributed by atoms with Crippen molar-refractivity contribution in [1.29, 1.82) is 0 Å². The third kappa shape index (κ3) is 3.44. The zero-order valence-corrected chi connectivity index (χ0v) is 15.0. The molecule has 0 bridgehead atoms. The Bertz CT molecular complexity index is 755. The van der Waals surface area contributed by atoms with Gasteiger partial charge in [-0.05, 0) is 61.6 Å². The molecular weight excluding hydrogens is 302 g/mol. The molecule has 1 unspecified atom stereocenters. The minimum Gasteiger partial charge on any atom is -0.489 e. The van der Waals surface area contributed by atoms with E-state index in [0.29, 0.717) is 6.61 Å². The second kappa shape index (κ2) is 7.05. The van der Waals surface area contributed by atoms with Crippen LogP contribution in [0.4, 0.5) is 0 Å². The zero-order chi connectivity index (χ0) is 17.9. The van der Waals surface area contributed by atoms with Gasteiger partial charge in [0.25, 0.3) is 5.91 Å². The molecule has 128 valence electrons. The van der Waals surface area contributed by atoms with E-state index in [2.05, 4.69) is 19.9 Å². The van der Waals surface area contributed by atoms with E-state index in [1.54, 1.807) is 6.92 Å². The van der Waals surface area contributed by atoms with Crippen molar-refractivity contribution in [2.45, 2.75) is 39.9 Å². The fourth-order valence-electron chi connectivity index (χ4n) is 2.70. The Labute approximate surface area is 143 Å². The first-order chi connectivity index (χ1) is 11.3. The van der Waals surface area contributed by atoms with E-state index >= 15 is 0 Å². The van der Waals surface area contributed by atoms with Gasteiger partial charge in [-0.3, -0.25) is 4.79 Å². The number of hydrogen-bond donors (Lipinski definition) is 1. The molecule has 2 aromatic carbocycles. The Balaban J connectivity index is 2.32. The average molecular weight is 327 g/mol. The highest BCUT2D eigenvalue weighted by molar-refractivity contribution is 5.85. The molecule has 0 aliphatic heterocycles. The van der Waals surface area contributed by atoms with Crippen LogP contribution in [0.2, 0.25) is 0 Å². The van der Waals surface area contributed by atoms with Crippen LogP contribution >= 0.6 is 0 Å². The normalized spacial score (nSPS) is 13.4. The van der Waals surface area contributed by atoms with E-state index < -0.39 is 11.5 Å². The monoisotopic (exact) mass is 327 g/mol. The van der Waals surface area contributed by atoms with E-state index in [9.17, 15) is 4.79 Å². The predicted molar refractivity (Wildman–Crippen MR) is 95.0 cm³/mol. The smallest absolute Gasteiger partial charge is 0.254 e. The molecule has 0 heterocycles. The summed E-state index contributed by atoms with van der Waals surface area (Å²) in [6.07, 6.45) is 0. The molecule has 0 spiro atoms. The molecule has 1 amide bonds. The second-order valence-electron chi connectivity index (χ2n) is 6.25. The highest BCUT2D eigenvalue weighted by Crippen LogP contribution is 2.29. The van der Waals surface area contributed by atoms with E-state index in [-0.39, 0.29) is 0 Å². The lowest BCUT2D eigenvalue weighted by Gasteiger charge is -2.27. The van der Waals surface area contributed by atoms with Crippen molar-refractivity contribution in [1.82, 2.24) is 0 Å². The van der Waals surface area contributed by atoms with Crippen LogP contribution < -0.4 is 10.5 Å². The summed E-state index contributed by atoms with van der Waals surface area (Å²) in [7, 11) is 1.48. The Morgan fingerprint density at radius 1 is 1.08 bits per heavy atom. The highest BCUT2D eigenvalue weighted by Gasteiger charge is 2.35. The van der Waals surface area contributed by atoms with Gasteiger partial charge in [0.1, 0.15) is 12.4 Å². The SMILES string of the molecule is COC(C)(C(N)=O)c1ccccc1COc1cc(C)c(C)cc1C. The molecule has 4 heteroatoms. The van der Waals surface area contributed by atoms with Gasteiger partial charge in [0.2, 0.25) is 0 Å². The van der Waals surface area contributed by atoms with Crippen LogP contribution in [0.5, 0.6) is 5.75 Å². The lowest BCUT2D eigenvalue weighted by Crippen LogP contribution is -2.41. The van der Waals surface area contributed by atoms with Gasteiger partial charge in [-0.1, -0.05) is 30.3 Å². The summed E-state index contributed by atoms with van der Waals surface area (Å²) in [5, 5.41) is 0. The third-order valence-corrected chi connectivity index (χ3v) is 4.58. The van der Waals surface area contributed by atoms with Crippen molar-refractivity contribution in [2.24, 2.45) is 5.73 Å². The van der Waals surface area contributed by atoms with Gasteiger partial charge in [0.05, 0.1) is 0 Å². The van der Waals surface area contributed by atoms with Crippen molar-refractivity contribution in [3.63, 3.8) is 0 Å². The van der Waals surface area contributed by atoms with Gasteiger partial charge in [-0.25, -0.2) is 0 Å². The fourth-order valence-corrected chi connectivity index (χ4v) is 2.70. The molecule has 1 atom stereocenters. The maximum atomic E-state index is 11.9. The number of hydrogen-bond acceptors (Lipinski definition) is 3. The van der Waals surface area contributed by atoms with E-state index in [0.717, 1.165) is 22.4 Å². The topological polar surface area (TPSA) is 61.5 Å². The first-order valence-electron chi connectivity index (χ1n) is 7.93. The summed E-state index contributed by atoms with van der Waals surface area (Å²) in [4.78, 5) is 11.9. The molecule has 0 saturated carbocycles. The number of rotatable bonds is 6. The van der Waals surface area contributed by atoms with Crippen LogP contribution in [0, 0.1) is 20.8 Å². The molecule has 0 fully saturated rings. The van der Waals surface area contributed by atoms with Crippen LogP contribution in [0.1, 0.15) is 34.7 Å². The maximum absolute atomic E-state index is 11.9. The molecule has 0 aliphatic carbocycles. The summed E-state index contributed by atoms with van der Waals surface area (Å²) in [5.74, 6) is 0.311. The van der Waals surface area contributed by atoms with Crippen LogP contribution in [0.25, 0.3) is 0 Å². The Morgan fingerprint density at radius 2 is 1.71 bits per heavy atom. The summed E-state index contributed by atoms with van der Waals surface area (Å²) in [6.45, 7) is 8.18.